The minimum Gasteiger partial charge on any atom is -0.508 e. The quantitative estimate of drug-likeness (QED) is 0.0515. The predicted molar refractivity (Wildman–Crippen MR) is 142 cm³/mol. The zero-order chi connectivity index (χ0) is 30.4. The van der Waals surface area contributed by atoms with E-state index in [1.165, 1.54) is 31.2 Å². The topological polar surface area (TPSA) is 293 Å². The number of aliphatic carboxylic acids is 2. The number of guanidine groups is 1. The number of phenolic OH excluding ortho intramolecular Hbond substituents is 1. The molecule has 16 heteroatoms. The van der Waals surface area contributed by atoms with E-state index in [0.29, 0.717) is 5.56 Å². The summed E-state index contributed by atoms with van der Waals surface area (Å²) in [6, 6.07) is 0.0952. The summed E-state index contributed by atoms with van der Waals surface area (Å²) in [5.74, 6) is -5.47. The third kappa shape index (κ3) is 12.4. The van der Waals surface area contributed by atoms with Gasteiger partial charge >= 0.3 is 11.9 Å². The summed E-state index contributed by atoms with van der Waals surface area (Å²) in [6.07, 6.45) is -2.01. The first-order valence-electron chi connectivity index (χ1n) is 12.3. The van der Waals surface area contributed by atoms with E-state index < -0.39 is 59.9 Å². The van der Waals surface area contributed by atoms with Crippen LogP contribution >= 0.6 is 0 Å². The Morgan fingerprint density at radius 3 is 2.02 bits per heavy atom. The third-order valence-corrected chi connectivity index (χ3v) is 5.64. The lowest BCUT2D eigenvalue weighted by molar-refractivity contribution is -0.143. The highest BCUT2D eigenvalue weighted by molar-refractivity contribution is 5.94. The second kappa shape index (κ2) is 16.5. The molecule has 0 saturated carbocycles. The molecular weight excluding hydrogens is 530 g/mol. The second-order valence-corrected chi connectivity index (χ2v) is 9.05. The first-order valence-corrected chi connectivity index (χ1v) is 12.3. The number of phenols is 1. The van der Waals surface area contributed by atoms with Gasteiger partial charge in [0.25, 0.3) is 0 Å². The van der Waals surface area contributed by atoms with Crippen LogP contribution in [-0.4, -0.2) is 92.9 Å². The van der Waals surface area contributed by atoms with E-state index in [1.807, 2.05) is 0 Å². The van der Waals surface area contributed by atoms with E-state index >= 15 is 0 Å². The number of carboxylic acids is 2. The molecule has 13 N–H and O–H groups in total. The van der Waals surface area contributed by atoms with Crippen LogP contribution < -0.4 is 33.2 Å². The van der Waals surface area contributed by atoms with Gasteiger partial charge in [-0.15, -0.1) is 0 Å². The van der Waals surface area contributed by atoms with Gasteiger partial charge in [0, 0.05) is 19.4 Å². The van der Waals surface area contributed by atoms with Gasteiger partial charge in [0.1, 0.15) is 23.9 Å². The Hall–Kier alpha value is -4.44. The molecule has 0 bridgehead atoms. The molecule has 0 fully saturated rings. The maximum absolute atomic E-state index is 13.1. The lowest BCUT2D eigenvalue weighted by atomic mass is 10.0. The predicted octanol–water partition coefficient (Wildman–Crippen LogP) is -2.90. The average molecular weight is 568 g/mol. The van der Waals surface area contributed by atoms with Crippen molar-refractivity contribution >= 4 is 35.6 Å². The number of hydrogen-bond donors (Lipinski definition) is 10. The van der Waals surface area contributed by atoms with Gasteiger partial charge < -0.3 is 53.6 Å². The summed E-state index contributed by atoms with van der Waals surface area (Å²) in [7, 11) is 0. The van der Waals surface area contributed by atoms with Crippen LogP contribution in [0.5, 0.6) is 5.75 Å². The molecule has 3 amide bonds. The zero-order valence-corrected chi connectivity index (χ0v) is 21.9. The number of nitrogens with one attached hydrogen (secondary N) is 3. The molecule has 0 saturated heterocycles. The number of rotatable bonds is 17. The summed E-state index contributed by atoms with van der Waals surface area (Å²) in [4.78, 5) is 64.8. The normalized spacial score (nSPS) is 14.5. The van der Waals surface area contributed by atoms with E-state index in [-0.39, 0.29) is 50.4 Å². The van der Waals surface area contributed by atoms with Crippen molar-refractivity contribution in [2.45, 2.75) is 69.3 Å². The van der Waals surface area contributed by atoms with Gasteiger partial charge in [0.2, 0.25) is 17.7 Å². The first kappa shape index (κ1) is 33.6. The van der Waals surface area contributed by atoms with Gasteiger partial charge in [-0.3, -0.25) is 24.2 Å². The van der Waals surface area contributed by atoms with E-state index in [1.54, 1.807) is 0 Å². The van der Waals surface area contributed by atoms with Crippen molar-refractivity contribution in [2.75, 3.05) is 6.54 Å². The Morgan fingerprint density at radius 1 is 0.900 bits per heavy atom. The number of hydrogen-bond acceptors (Lipinski definition) is 9. The summed E-state index contributed by atoms with van der Waals surface area (Å²) in [6.45, 7) is 1.30. The average Bonchev–Trinajstić information content (AvgIpc) is 2.87. The maximum atomic E-state index is 13.1. The molecule has 0 heterocycles. The van der Waals surface area contributed by atoms with E-state index in [9.17, 15) is 39.3 Å². The first-order chi connectivity index (χ1) is 18.7. The fourth-order valence-corrected chi connectivity index (χ4v) is 3.45. The van der Waals surface area contributed by atoms with Crippen LogP contribution in [0.2, 0.25) is 0 Å². The lowest BCUT2D eigenvalue weighted by Crippen LogP contribution is -2.60. The third-order valence-electron chi connectivity index (χ3n) is 5.64. The Kier molecular flexibility index (Phi) is 13.9. The van der Waals surface area contributed by atoms with E-state index in [0.717, 1.165) is 0 Å². The van der Waals surface area contributed by atoms with Gasteiger partial charge in [-0.05, 0) is 43.9 Å². The number of carbonyl (C=O) groups is 5. The number of nitrogens with zero attached hydrogens (tertiary/aromatic N) is 1. The number of aliphatic imine (C=N–C) groups is 1. The second-order valence-electron chi connectivity index (χ2n) is 9.05. The molecular formula is C24H37N7O9. The number of aromatic hydroxyl groups is 1. The van der Waals surface area contributed by atoms with Gasteiger partial charge in [-0.1, -0.05) is 12.1 Å². The van der Waals surface area contributed by atoms with Crippen LogP contribution in [-0.2, 0) is 30.4 Å². The molecule has 5 atom stereocenters. The number of carbonyl (C=O) groups excluding carboxylic acids is 3. The Bertz CT molecular complexity index is 1060. The fourth-order valence-electron chi connectivity index (χ4n) is 3.45. The Balaban J connectivity index is 3.01. The van der Waals surface area contributed by atoms with Crippen LogP contribution in [0.25, 0.3) is 0 Å². The summed E-state index contributed by atoms with van der Waals surface area (Å²) in [5, 5.41) is 45.0. The number of aliphatic hydroxyl groups is 1. The van der Waals surface area contributed by atoms with Gasteiger partial charge in [0.15, 0.2) is 5.96 Å². The Labute approximate surface area is 230 Å². The molecule has 1 aromatic carbocycles. The molecule has 0 spiro atoms. The highest BCUT2D eigenvalue weighted by Crippen LogP contribution is 2.12. The van der Waals surface area contributed by atoms with Crippen molar-refractivity contribution in [3.8, 4) is 5.75 Å². The van der Waals surface area contributed by atoms with Crippen molar-refractivity contribution in [3.05, 3.63) is 29.8 Å². The largest absolute Gasteiger partial charge is 0.508 e. The number of amides is 3. The standard InChI is InChI=1S/C24H37N7O9/c1-12(32)19(22(38)30-17(23(39)40)11-13-4-6-14(33)7-5-13)31-21(37)16(3-2-10-28-24(26)27)29-20(36)15(25)8-9-18(34)35/h4-7,12,15-17,19,32-33H,2-3,8-11,25H2,1H3,(H,29,36)(H,30,38)(H,31,37)(H,34,35)(H,39,40)(H4,26,27,28). The lowest BCUT2D eigenvalue weighted by Gasteiger charge is -2.26. The summed E-state index contributed by atoms with van der Waals surface area (Å²) in [5.41, 5.74) is 16.8. The maximum Gasteiger partial charge on any atom is 0.326 e. The number of benzene rings is 1. The van der Waals surface area contributed by atoms with E-state index in [4.69, 9.17) is 22.3 Å². The summed E-state index contributed by atoms with van der Waals surface area (Å²) >= 11 is 0. The SMILES string of the molecule is CC(O)C(NC(=O)C(CCCN=C(N)N)NC(=O)C(N)CCC(=O)O)C(=O)NC(Cc1ccc(O)cc1)C(=O)O. The molecule has 0 radical (unpaired) electrons. The molecule has 0 aromatic heterocycles. The molecule has 0 aliphatic carbocycles. The molecule has 5 unspecified atom stereocenters. The minimum absolute atomic E-state index is 0.0211. The van der Waals surface area contributed by atoms with Crippen LogP contribution in [0.1, 0.15) is 38.2 Å². The highest BCUT2D eigenvalue weighted by Gasteiger charge is 2.32. The fraction of sp³-hybridized carbons (Fsp3) is 0.500. The van der Waals surface area contributed by atoms with Crippen molar-refractivity contribution in [2.24, 2.45) is 22.2 Å². The molecule has 222 valence electrons. The number of nitrogens with two attached hydrogens (primary N) is 3. The van der Waals surface area contributed by atoms with Crippen LogP contribution in [0.4, 0.5) is 0 Å². The van der Waals surface area contributed by atoms with Crippen molar-refractivity contribution < 1.29 is 44.4 Å². The minimum atomic E-state index is -1.60. The molecule has 1 rings (SSSR count). The van der Waals surface area contributed by atoms with Crippen molar-refractivity contribution in [3.63, 3.8) is 0 Å². The molecule has 0 aliphatic rings. The van der Waals surface area contributed by atoms with E-state index in [2.05, 4.69) is 20.9 Å². The molecule has 1 aromatic rings. The van der Waals surface area contributed by atoms with Crippen LogP contribution in [0.15, 0.2) is 29.3 Å². The smallest absolute Gasteiger partial charge is 0.326 e. The summed E-state index contributed by atoms with van der Waals surface area (Å²) < 4.78 is 0. The molecule has 16 nitrogen and oxygen atoms in total. The molecule has 0 aliphatic heterocycles. The number of aliphatic hydroxyl groups excluding tert-OH is 1. The van der Waals surface area contributed by atoms with Crippen molar-refractivity contribution in [1.82, 2.24) is 16.0 Å². The van der Waals surface area contributed by atoms with Gasteiger partial charge in [-0.2, -0.15) is 0 Å². The monoisotopic (exact) mass is 567 g/mol. The van der Waals surface area contributed by atoms with Crippen molar-refractivity contribution in [1.29, 1.82) is 0 Å². The number of carboxylic acid groups (broad SMARTS) is 2. The van der Waals surface area contributed by atoms with Gasteiger partial charge in [-0.25, -0.2) is 4.79 Å². The van der Waals surface area contributed by atoms with Crippen LogP contribution in [0.3, 0.4) is 0 Å². The Morgan fingerprint density at radius 2 is 1.50 bits per heavy atom. The van der Waals surface area contributed by atoms with Crippen LogP contribution in [0, 0.1) is 0 Å². The highest BCUT2D eigenvalue weighted by atomic mass is 16.4. The van der Waals surface area contributed by atoms with Gasteiger partial charge in [0.05, 0.1) is 12.1 Å². The zero-order valence-electron chi connectivity index (χ0n) is 21.9. The molecule has 40 heavy (non-hydrogen) atoms.